The van der Waals surface area contributed by atoms with Crippen molar-refractivity contribution >= 4 is 0 Å². The van der Waals surface area contributed by atoms with Gasteiger partial charge in [0, 0.05) is 23.3 Å². The number of hydrogen-bond acceptors (Lipinski definition) is 6. The van der Waals surface area contributed by atoms with Crippen molar-refractivity contribution in [2.45, 2.75) is 70.6 Å². The van der Waals surface area contributed by atoms with Gasteiger partial charge in [-0.3, -0.25) is 0 Å². The number of ether oxygens (including phenoxy) is 4. The van der Waals surface area contributed by atoms with Crippen molar-refractivity contribution in [2.75, 3.05) is 26.4 Å². The lowest BCUT2D eigenvalue weighted by atomic mass is 9.45. The van der Waals surface area contributed by atoms with Gasteiger partial charge < -0.3 is 28.5 Å². The minimum absolute atomic E-state index is 0.0816. The van der Waals surface area contributed by atoms with E-state index in [0.717, 1.165) is 37.7 Å². The first kappa shape index (κ1) is 20.0. The van der Waals surface area contributed by atoms with Crippen LogP contribution < -0.4 is 0 Å². The highest BCUT2D eigenvalue weighted by Crippen LogP contribution is 2.67. The summed E-state index contributed by atoms with van der Waals surface area (Å²) in [6, 6.07) is 1.86. The highest BCUT2D eigenvalue weighted by molar-refractivity contribution is 5.15. The number of aliphatic hydroxyl groups excluding tert-OH is 1. The van der Waals surface area contributed by atoms with Crippen molar-refractivity contribution in [3.05, 3.63) is 24.2 Å². The first-order valence-corrected chi connectivity index (χ1v) is 11.2. The largest absolute Gasteiger partial charge is 0.472 e. The van der Waals surface area contributed by atoms with Crippen LogP contribution in [0.2, 0.25) is 0 Å². The van der Waals surface area contributed by atoms with Crippen molar-refractivity contribution in [2.24, 2.45) is 22.7 Å². The number of aliphatic hydroxyl groups is 1. The van der Waals surface area contributed by atoms with Gasteiger partial charge in [-0.15, -0.1) is 0 Å². The molecule has 1 aromatic heterocycles. The standard InChI is InChI=1S/C23H34O6/c1-21(14-18(24)16-6-9-25-15-16)17(20-26-10-11-27-20)5-8-22(2)19(21)4-3-7-23(22)28-12-13-29-23/h6,9,15,17-20,24H,3-5,7-8,10-14H2,1-2H3/t17-,18+,19+,21-,22+/m0/s1. The Balaban J connectivity index is 1.52. The van der Waals surface area contributed by atoms with Crippen LogP contribution in [0.4, 0.5) is 0 Å². The zero-order chi connectivity index (χ0) is 20.1. The minimum atomic E-state index is -0.576. The lowest BCUT2D eigenvalue weighted by Crippen LogP contribution is -2.63. The van der Waals surface area contributed by atoms with Crippen LogP contribution in [0.5, 0.6) is 0 Å². The molecule has 1 spiro atoms. The maximum Gasteiger partial charge on any atom is 0.174 e. The summed E-state index contributed by atoms with van der Waals surface area (Å²) in [5.41, 5.74) is 0.591. The van der Waals surface area contributed by atoms with Crippen molar-refractivity contribution in [3.8, 4) is 0 Å². The summed E-state index contributed by atoms with van der Waals surface area (Å²) in [6.07, 6.45) is 8.33. The average Bonchev–Trinajstić information content (AvgIpc) is 3.47. The number of rotatable bonds is 4. The molecule has 2 aliphatic carbocycles. The summed E-state index contributed by atoms with van der Waals surface area (Å²) in [4.78, 5) is 0. The molecular formula is C23H34O6. The molecule has 3 heterocycles. The summed E-state index contributed by atoms with van der Waals surface area (Å²) in [6.45, 7) is 7.35. The molecule has 4 aliphatic rings. The molecule has 0 radical (unpaired) electrons. The van der Waals surface area contributed by atoms with Gasteiger partial charge in [0.15, 0.2) is 12.1 Å². The Kier molecular flexibility index (Phi) is 5.07. The highest BCUT2D eigenvalue weighted by atomic mass is 16.7. The van der Waals surface area contributed by atoms with Crippen LogP contribution in [0.25, 0.3) is 0 Å². The zero-order valence-electron chi connectivity index (χ0n) is 17.6. The predicted molar refractivity (Wildman–Crippen MR) is 105 cm³/mol. The molecule has 1 aromatic rings. The van der Waals surface area contributed by atoms with E-state index >= 15 is 0 Å². The topological polar surface area (TPSA) is 70.3 Å². The van der Waals surface area contributed by atoms with Crippen LogP contribution in [0.15, 0.2) is 23.0 Å². The molecule has 0 amide bonds. The van der Waals surface area contributed by atoms with E-state index in [2.05, 4.69) is 13.8 Å². The second kappa shape index (κ2) is 7.34. The van der Waals surface area contributed by atoms with E-state index in [0.29, 0.717) is 38.8 Å². The molecule has 5 rings (SSSR count). The summed E-state index contributed by atoms with van der Waals surface area (Å²) >= 11 is 0. The molecule has 2 saturated carbocycles. The van der Waals surface area contributed by atoms with Crippen molar-refractivity contribution in [3.63, 3.8) is 0 Å². The molecule has 0 unspecified atom stereocenters. The SMILES string of the molecule is C[C@@]1(C[C@@H](O)c2ccoc2)[C@H]2CCCC3(OCCO3)[C@]2(C)CC[C@H]1C1OCCO1. The molecule has 6 heteroatoms. The number of furan rings is 1. The third-order valence-corrected chi connectivity index (χ3v) is 8.55. The summed E-state index contributed by atoms with van der Waals surface area (Å²) in [5.74, 6) is 0.108. The van der Waals surface area contributed by atoms with Crippen LogP contribution in [-0.4, -0.2) is 43.6 Å². The van der Waals surface area contributed by atoms with Gasteiger partial charge in [0.1, 0.15) is 0 Å². The Morgan fingerprint density at radius 1 is 1.07 bits per heavy atom. The smallest absolute Gasteiger partial charge is 0.174 e. The van der Waals surface area contributed by atoms with Crippen LogP contribution in [0.3, 0.4) is 0 Å². The van der Waals surface area contributed by atoms with Gasteiger partial charge in [0.2, 0.25) is 0 Å². The third-order valence-electron chi connectivity index (χ3n) is 8.55. The molecule has 162 valence electrons. The van der Waals surface area contributed by atoms with Gasteiger partial charge >= 0.3 is 0 Å². The predicted octanol–water partition coefficient (Wildman–Crippen LogP) is 4.04. The maximum absolute atomic E-state index is 11.1. The molecule has 1 N–H and O–H groups in total. The van der Waals surface area contributed by atoms with Crippen LogP contribution in [-0.2, 0) is 18.9 Å². The van der Waals surface area contributed by atoms with Crippen LogP contribution >= 0.6 is 0 Å². The van der Waals surface area contributed by atoms with E-state index in [-0.39, 0.29) is 23.0 Å². The molecule has 0 bridgehead atoms. The Bertz CT molecular complexity index is 692. The monoisotopic (exact) mass is 406 g/mol. The normalized spacial score (nSPS) is 40.9. The number of hydrogen-bond donors (Lipinski definition) is 1. The second-order valence-electron chi connectivity index (χ2n) is 9.85. The summed E-state index contributed by atoms with van der Waals surface area (Å²) < 4.78 is 29.9. The molecular weight excluding hydrogens is 372 g/mol. The lowest BCUT2D eigenvalue weighted by molar-refractivity contribution is -0.309. The Morgan fingerprint density at radius 2 is 1.83 bits per heavy atom. The van der Waals surface area contributed by atoms with Crippen molar-refractivity contribution in [1.29, 1.82) is 0 Å². The molecule has 6 nitrogen and oxygen atoms in total. The molecule has 5 atom stereocenters. The molecule has 2 saturated heterocycles. The van der Waals surface area contributed by atoms with Gasteiger partial charge in [-0.25, -0.2) is 0 Å². The fourth-order valence-corrected chi connectivity index (χ4v) is 7.15. The van der Waals surface area contributed by atoms with Gasteiger partial charge in [-0.2, -0.15) is 0 Å². The maximum atomic E-state index is 11.1. The summed E-state index contributed by atoms with van der Waals surface area (Å²) in [7, 11) is 0. The van der Waals surface area contributed by atoms with E-state index in [1.54, 1.807) is 12.5 Å². The fourth-order valence-electron chi connectivity index (χ4n) is 7.15. The third kappa shape index (κ3) is 3.02. The van der Waals surface area contributed by atoms with Crippen LogP contribution in [0.1, 0.15) is 64.0 Å². The first-order chi connectivity index (χ1) is 14.0. The van der Waals surface area contributed by atoms with Gasteiger partial charge in [0.05, 0.1) is 45.1 Å². The molecule has 29 heavy (non-hydrogen) atoms. The van der Waals surface area contributed by atoms with Crippen LogP contribution in [0, 0.1) is 22.7 Å². The van der Waals surface area contributed by atoms with Crippen molar-refractivity contribution in [1.82, 2.24) is 0 Å². The fraction of sp³-hybridized carbons (Fsp3) is 0.826. The quantitative estimate of drug-likeness (QED) is 0.814. The van der Waals surface area contributed by atoms with E-state index < -0.39 is 11.9 Å². The molecule has 2 aliphatic heterocycles. The van der Waals surface area contributed by atoms with Crippen molar-refractivity contribution < 1.29 is 28.5 Å². The summed E-state index contributed by atoms with van der Waals surface area (Å²) in [5, 5.41) is 11.1. The second-order valence-corrected chi connectivity index (χ2v) is 9.85. The lowest BCUT2D eigenvalue weighted by Gasteiger charge is -2.63. The molecule has 0 aromatic carbocycles. The van der Waals surface area contributed by atoms with Gasteiger partial charge in [0.25, 0.3) is 0 Å². The van der Waals surface area contributed by atoms with Gasteiger partial charge in [-0.05, 0) is 49.5 Å². The minimum Gasteiger partial charge on any atom is -0.472 e. The van der Waals surface area contributed by atoms with E-state index in [1.807, 2.05) is 6.07 Å². The molecule has 4 fully saturated rings. The zero-order valence-corrected chi connectivity index (χ0v) is 17.6. The Morgan fingerprint density at radius 3 is 2.52 bits per heavy atom. The Hall–Kier alpha value is -0.920. The van der Waals surface area contributed by atoms with E-state index in [4.69, 9.17) is 23.4 Å². The first-order valence-electron chi connectivity index (χ1n) is 11.2. The van der Waals surface area contributed by atoms with E-state index in [1.165, 1.54) is 0 Å². The Labute approximate surface area is 172 Å². The van der Waals surface area contributed by atoms with Gasteiger partial charge in [-0.1, -0.05) is 13.8 Å². The number of fused-ring (bicyclic) bond motifs is 2. The highest BCUT2D eigenvalue weighted by Gasteiger charge is 2.66. The average molecular weight is 407 g/mol. The van der Waals surface area contributed by atoms with E-state index in [9.17, 15) is 5.11 Å².